The molecule has 0 atom stereocenters. The van der Waals surface area contributed by atoms with Crippen molar-refractivity contribution < 1.29 is 4.79 Å². The van der Waals surface area contributed by atoms with Gasteiger partial charge in [0.1, 0.15) is 5.78 Å². The first-order chi connectivity index (χ1) is 8.24. The summed E-state index contributed by atoms with van der Waals surface area (Å²) in [4.78, 5) is 13.5. The molecule has 0 radical (unpaired) electrons. The van der Waals surface area contributed by atoms with E-state index in [2.05, 4.69) is 34.5 Å². The first-order valence-corrected chi connectivity index (χ1v) is 6.24. The van der Waals surface area contributed by atoms with Crippen LogP contribution in [0.5, 0.6) is 0 Å². The summed E-state index contributed by atoms with van der Waals surface area (Å²) >= 11 is 0. The van der Waals surface area contributed by atoms with Crippen LogP contribution in [-0.4, -0.2) is 36.9 Å². The van der Waals surface area contributed by atoms with E-state index in [1.165, 1.54) is 5.56 Å². The Labute approximate surface area is 103 Å². The molecule has 1 N–H and O–H groups in total. The van der Waals surface area contributed by atoms with E-state index in [9.17, 15) is 4.79 Å². The van der Waals surface area contributed by atoms with Crippen molar-refractivity contribution >= 4 is 5.78 Å². The molecule has 2 rings (SSSR count). The fourth-order valence-corrected chi connectivity index (χ4v) is 2.18. The highest BCUT2D eigenvalue weighted by Crippen LogP contribution is 2.09. The van der Waals surface area contributed by atoms with E-state index in [-0.39, 0.29) is 5.78 Å². The summed E-state index contributed by atoms with van der Waals surface area (Å²) in [6, 6.07) is 8.42. The molecule has 0 bridgehead atoms. The number of carbonyl (C=O) groups is 1. The average molecular weight is 232 g/mol. The lowest BCUT2D eigenvalue weighted by atomic mass is 10.1. The first kappa shape index (κ1) is 12.3. The average Bonchev–Trinajstić information content (AvgIpc) is 2.32. The number of ketones is 1. The van der Waals surface area contributed by atoms with Crippen LogP contribution in [0.1, 0.15) is 18.1 Å². The predicted molar refractivity (Wildman–Crippen MR) is 69.0 cm³/mol. The van der Waals surface area contributed by atoms with Crippen LogP contribution in [0.25, 0.3) is 0 Å². The molecule has 1 aromatic rings. The van der Waals surface area contributed by atoms with Gasteiger partial charge in [-0.15, -0.1) is 0 Å². The minimum Gasteiger partial charge on any atom is -0.314 e. The highest BCUT2D eigenvalue weighted by molar-refractivity contribution is 5.78. The fourth-order valence-electron chi connectivity index (χ4n) is 2.18. The maximum Gasteiger partial charge on any atom is 0.134 e. The molecule has 0 aromatic heterocycles. The largest absolute Gasteiger partial charge is 0.314 e. The topological polar surface area (TPSA) is 32.3 Å². The van der Waals surface area contributed by atoms with Gasteiger partial charge in [-0.2, -0.15) is 0 Å². The Morgan fingerprint density at radius 3 is 2.35 bits per heavy atom. The molecule has 0 spiro atoms. The number of piperazine rings is 1. The van der Waals surface area contributed by atoms with Gasteiger partial charge in [0.05, 0.1) is 0 Å². The molecule has 1 fully saturated rings. The molecule has 92 valence electrons. The van der Waals surface area contributed by atoms with Gasteiger partial charge in [-0.05, 0) is 18.1 Å². The number of rotatable bonds is 4. The monoisotopic (exact) mass is 232 g/mol. The highest BCUT2D eigenvalue weighted by atomic mass is 16.1. The van der Waals surface area contributed by atoms with Crippen LogP contribution in [0.4, 0.5) is 0 Å². The Kier molecular flexibility index (Phi) is 4.29. The number of carbonyl (C=O) groups excluding carboxylic acids is 1. The van der Waals surface area contributed by atoms with Crippen LogP contribution in [0.15, 0.2) is 24.3 Å². The van der Waals surface area contributed by atoms with Crippen molar-refractivity contribution in [1.82, 2.24) is 10.2 Å². The van der Waals surface area contributed by atoms with Crippen LogP contribution in [0.3, 0.4) is 0 Å². The van der Waals surface area contributed by atoms with Crippen molar-refractivity contribution in [2.24, 2.45) is 0 Å². The van der Waals surface area contributed by atoms with Crippen molar-refractivity contribution in [3.8, 4) is 0 Å². The van der Waals surface area contributed by atoms with Crippen LogP contribution in [0.2, 0.25) is 0 Å². The normalized spacial score (nSPS) is 17.0. The molecule has 1 aliphatic rings. The maximum atomic E-state index is 11.0. The molecule has 1 aromatic carbocycles. The third-order valence-electron chi connectivity index (χ3n) is 3.09. The molecule has 0 unspecified atom stereocenters. The Hall–Kier alpha value is -1.19. The summed E-state index contributed by atoms with van der Waals surface area (Å²) in [6.45, 7) is 7.06. The van der Waals surface area contributed by atoms with E-state index < -0.39 is 0 Å². The molecule has 0 amide bonds. The third kappa shape index (κ3) is 3.95. The van der Waals surface area contributed by atoms with Gasteiger partial charge in [0, 0.05) is 39.1 Å². The van der Waals surface area contributed by atoms with Crippen molar-refractivity contribution in [3.05, 3.63) is 35.4 Å². The van der Waals surface area contributed by atoms with Crippen molar-refractivity contribution in [2.75, 3.05) is 26.2 Å². The third-order valence-corrected chi connectivity index (χ3v) is 3.09. The van der Waals surface area contributed by atoms with Crippen LogP contribution < -0.4 is 5.32 Å². The minimum atomic E-state index is 0.222. The van der Waals surface area contributed by atoms with Crippen LogP contribution >= 0.6 is 0 Å². The number of benzene rings is 1. The van der Waals surface area contributed by atoms with Gasteiger partial charge in [-0.3, -0.25) is 9.69 Å². The summed E-state index contributed by atoms with van der Waals surface area (Å²) < 4.78 is 0. The number of nitrogens with one attached hydrogen (secondary N) is 1. The van der Waals surface area contributed by atoms with Gasteiger partial charge in [-0.1, -0.05) is 24.3 Å². The van der Waals surface area contributed by atoms with Crippen molar-refractivity contribution in [2.45, 2.75) is 19.9 Å². The SMILES string of the molecule is CC(=O)Cc1ccc(CN2CCNCC2)cc1. The zero-order valence-electron chi connectivity index (χ0n) is 10.4. The summed E-state index contributed by atoms with van der Waals surface area (Å²) in [6.07, 6.45) is 0.550. The minimum absolute atomic E-state index is 0.222. The molecular formula is C14H20N2O. The van der Waals surface area contributed by atoms with E-state index >= 15 is 0 Å². The molecule has 0 saturated carbocycles. The second-order valence-corrected chi connectivity index (χ2v) is 4.72. The van der Waals surface area contributed by atoms with E-state index in [0.29, 0.717) is 6.42 Å². The molecule has 1 heterocycles. The summed E-state index contributed by atoms with van der Waals surface area (Å²) in [5, 5.41) is 3.35. The number of Topliss-reactive ketones (excluding diaryl/α,β-unsaturated/α-hetero) is 1. The number of hydrogen-bond donors (Lipinski definition) is 1. The van der Waals surface area contributed by atoms with E-state index in [4.69, 9.17) is 0 Å². The molecule has 17 heavy (non-hydrogen) atoms. The Morgan fingerprint density at radius 1 is 1.18 bits per heavy atom. The zero-order valence-corrected chi connectivity index (χ0v) is 10.4. The predicted octanol–water partition coefficient (Wildman–Crippen LogP) is 1.22. The number of nitrogens with zero attached hydrogens (tertiary/aromatic N) is 1. The molecule has 0 aliphatic carbocycles. The highest BCUT2D eigenvalue weighted by Gasteiger charge is 2.09. The van der Waals surface area contributed by atoms with Gasteiger partial charge in [0.2, 0.25) is 0 Å². The summed E-state index contributed by atoms with van der Waals surface area (Å²) in [5.41, 5.74) is 2.45. The van der Waals surface area contributed by atoms with E-state index in [0.717, 1.165) is 38.3 Å². The van der Waals surface area contributed by atoms with Gasteiger partial charge in [0.25, 0.3) is 0 Å². The maximum absolute atomic E-state index is 11.0. The molecule has 3 heteroatoms. The lowest BCUT2D eigenvalue weighted by Crippen LogP contribution is -2.42. The smallest absolute Gasteiger partial charge is 0.134 e. The van der Waals surface area contributed by atoms with Gasteiger partial charge in [-0.25, -0.2) is 0 Å². The second kappa shape index (κ2) is 5.94. The van der Waals surface area contributed by atoms with Crippen molar-refractivity contribution in [1.29, 1.82) is 0 Å². The molecule has 1 saturated heterocycles. The quantitative estimate of drug-likeness (QED) is 0.847. The van der Waals surface area contributed by atoms with Crippen molar-refractivity contribution in [3.63, 3.8) is 0 Å². The Bertz CT molecular complexity index is 366. The Morgan fingerprint density at radius 2 is 1.76 bits per heavy atom. The summed E-state index contributed by atoms with van der Waals surface area (Å²) in [7, 11) is 0. The lowest BCUT2D eigenvalue weighted by molar-refractivity contribution is -0.116. The van der Waals surface area contributed by atoms with E-state index in [1.54, 1.807) is 6.92 Å². The molecular weight excluding hydrogens is 212 g/mol. The number of hydrogen-bond acceptors (Lipinski definition) is 3. The van der Waals surface area contributed by atoms with Crippen LogP contribution in [0, 0.1) is 0 Å². The van der Waals surface area contributed by atoms with E-state index in [1.807, 2.05) is 0 Å². The van der Waals surface area contributed by atoms with Gasteiger partial charge < -0.3 is 5.32 Å². The Balaban J connectivity index is 1.90. The van der Waals surface area contributed by atoms with Gasteiger partial charge in [0.15, 0.2) is 0 Å². The fraction of sp³-hybridized carbons (Fsp3) is 0.500. The van der Waals surface area contributed by atoms with Crippen LogP contribution in [-0.2, 0) is 17.8 Å². The van der Waals surface area contributed by atoms with Gasteiger partial charge >= 0.3 is 0 Å². The standard InChI is InChI=1S/C14H20N2O/c1-12(17)10-13-2-4-14(5-3-13)11-16-8-6-15-7-9-16/h2-5,15H,6-11H2,1H3. The zero-order chi connectivity index (χ0) is 12.1. The second-order valence-electron chi connectivity index (χ2n) is 4.72. The summed E-state index contributed by atoms with van der Waals surface area (Å²) in [5.74, 6) is 0.222. The molecule has 3 nitrogen and oxygen atoms in total. The first-order valence-electron chi connectivity index (χ1n) is 6.24. The molecule has 1 aliphatic heterocycles. The lowest BCUT2D eigenvalue weighted by Gasteiger charge is -2.27.